The number of carbonyl (C=O) groups excluding carboxylic acids is 1. The lowest BCUT2D eigenvalue weighted by Gasteiger charge is -2.17. The fourth-order valence-corrected chi connectivity index (χ4v) is 1.58. The van der Waals surface area contributed by atoms with Gasteiger partial charge < -0.3 is 15.5 Å². The Labute approximate surface area is 99.8 Å². The largest absolute Gasteiger partial charge is 0.356 e. The monoisotopic (exact) mass is 229 g/mol. The van der Waals surface area contributed by atoms with E-state index in [4.69, 9.17) is 0 Å². The molecule has 1 amide bonds. The number of amides is 1. The van der Waals surface area contributed by atoms with Gasteiger partial charge in [0, 0.05) is 13.0 Å². The van der Waals surface area contributed by atoms with Crippen LogP contribution in [0.25, 0.3) is 0 Å². The van der Waals surface area contributed by atoms with Crippen molar-refractivity contribution in [1.82, 2.24) is 15.5 Å². The summed E-state index contributed by atoms with van der Waals surface area (Å²) in [5.74, 6) is 0.176. The minimum Gasteiger partial charge on any atom is -0.356 e. The lowest BCUT2D eigenvalue weighted by atomic mass is 10.3. The van der Waals surface area contributed by atoms with Gasteiger partial charge in [-0.1, -0.05) is 13.8 Å². The Morgan fingerprint density at radius 1 is 1.12 bits per heavy atom. The predicted octanol–water partition coefficient (Wildman–Crippen LogP) is 0.834. The summed E-state index contributed by atoms with van der Waals surface area (Å²) >= 11 is 0. The molecule has 0 radical (unpaired) electrons. The lowest BCUT2D eigenvalue weighted by molar-refractivity contribution is -0.121. The molecule has 0 aromatic heterocycles. The van der Waals surface area contributed by atoms with Crippen molar-refractivity contribution in [3.8, 4) is 0 Å². The molecule has 0 heterocycles. The Hall–Kier alpha value is -0.610. The Kier molecular flexibility index (Phi) is 10.5. The van der Waals surface area contributed by atoms with Crippen LogP contribution >= 0.6 is 0 Å². The molecule has 96 valence electrons. The molecule has 4 nitrogen and oxygen atoms in total. The summed E-state index contributed by atoms with van der Waals surface area (Å²) < 4.78 is 0. The first kappa shape index (κ1) is 15.4. The van der Waals surface area contributed by atoms with E-state index in [1.54, 1.807) is 0 Å². The van der Waals surface area contributed by atoms with Gasteiger partial charge in [0.2, 0.25) is 5.91 Å². The molecule has 0 aliphatic heterocycles. The topological polar surface area (TPSA) is 44.4 Å². The summed E-state index contributed by atoms with van der Waals surface area (Å²) in [6.45, 7) is 9.30. The second-order valence-electron chi connectivity index (χ2n) is 3.94. The van der Waals surface area contributed by atoms with Crippen LogP contribution in [0.2, 0.25) is 0 Å². The highest BCUT2D eigenvalue weighted by Gasteiger charge is 2.01. The molecule has 0 aliphatic carbocycles. The van der Waals surface area contributed by atoms with Crippen LogP contribution < -0.4 is 10.6 Å². The van der Waals surface area contributed by atoms with Crippen LogP contribution in [0, 0.1) is 0 Å². The third-order valence-corrected chi connectivity index (χ3v) is 2.70. The van der Waals surface area contributed by atoms with Gasteiger partial charge in [-0.2, -0.15) is 0 Å². The van der Waals surface area contributed by atoms with Crippen molar-refractivity contribution in [3.05, 3.63) is 0 Å². The molecular weight excluding hydrogens is 202 g/mol. The molecule has 0 aromatic rings. The van der Waals surface area contributed by atoms with Crippen molar-refractivity contribution < 1.29 is 4.79 Å². The molecule has 16 heavy (non-hydrogen) atoms. The van der Waals surface area contributed by atoms with Crippen LogP contribution in [0.5, 0.6) is 0 Å². The van der Waals surface area contributed by atoms with Gasteiger partial charge in [0.25, 0.3) is 0 Å². The highest BCUT2D eigenvalue weighted by Crippen LogP contribution is 1.91. The van der Waals surface area contributed by atoms with Gasteiger partial charge in [0.05, 0.1) is 0 Å². The maximum Gasteiger partial charge on any atom is 0.220 e. The summed E-state index contributed by atoms with van der Waals surface area (Å²) in [6.07, 6.45) is 2.59. The Balaban J connectivity index is 3.33. The first-order chi connectivity index (χ1) is 7.74. The minimum absolute atomic E-state index is 0.176. The SMILES string of the molecule is CCN(CC)CCCNC(=O)CCCNC. The molecule has 0 saturated carbocycles. The first-order valence-corrected chi connectivity index (χ1v) is 6.38. The number of nitrogens with zero attached hydrogens (tertiary/aromatic N) is 1. The van der Waals surface area contributed by atoms with Crippen LogP contribution in [0.1, 0.15) is 33.1 Å². The zero-order valence-corrected chi connectivity index (χ0v) is 11.0. The predicted molar refractivity (Wildman–Crippen MR) is 68.6 cm³/mol. The van der Waals surface area contributed by atoms with Crippen molar-refractivity contribution in [3.63, 3.8) is 0 Å². The molecule has 4 heteroatoms. The Morgan fingerprint density at radius 2 is 1.81 bits per heavy atom. The maximum atomic E-state index is 11.3. The van der Waals surface area contributed by atoms with Crippen LogP contribution in [-0.4, -0.2) is 50.6 Å². The van der Waals surface area contributed by atoms with Crippen molar-refractivity contribution in [2.24, 2.45) is 0 Å². The van der Waals surface area contributed by atoms with Gasteiger partial charge in [0.1, 0.15) is 0 Å². The second kappa shape index (κ2) is 10.9. The number of hydrogen-bond acceptors (Lipinski definition) is 3. The van der Waals surface area contributed by atoms with E-state index in [2.05, 4.69) is 29.4 Å². The van der Waals surface area contributed by atoms with Crippen LogP contribution in [0.4, 0.5) is 0 Å². The van der Waals surface area contributed by atoms with Crippen molar-refractivity contribution in [2.75, 3.05) is 39.8 Å². The Morgan fingerprint density at radius 3 is 2.38 bits per heavy atom. The van der Waals surface area contributed by atoms with Gasteiger partial charge in [-0.05, 0) is 46.1 Å². The van der Waals surface area contributed by atoms with Crippen molar-refractivity contribution in [1.29, 1.82) is 0 Å². The summed E-state index contributed by atoms with van der Waals surface area (Å²) in [4.78, 5) is 13.7. The fourth-order valence-electron chi connectivity index (χ4n) is 1.58. The van der Waals surface area contributed by atoms with E-state index in [9.17, 15) is 4.79 Å². The molecule has 0 fully saturated rings. The number of rotatable bonds is 10. The van der Waals surface area contributed by atoms with Crippen molar-refractivity contribution in [2.45, 2.75) is 33.1 Å². The molecule has 0 aliphatic rings. The van der Waals surface area contributed by atoms with E-state index >= 15 is 0 Å². The second-order valence-corrected chi connectivity index (χ2v) is 3.94. The fraction of sp³-hybridized carbons (Fsp3) is 0.917. The number of hydrogen-bond donors (Lipinski definition) is 2. The van der Waals surface area contributed by atoms with Gasteiger partial charge in [-0.3, -0.25) is 4.79 Å². The molecule has 2 N–H and O–H groups in total. The van der Waals surface area contributed by atoms with Crippen molar-refractivity contribution >= 4 is 5.91 Å². The molecule has 0 rings (SSSR count). The Bertz CT molecular complexity index is 170. The van der Waals surface area contributed by atoms with E-state index < -0.39 is 0 Å². The number of carbonyl (C=O) groups is 1. The van der Waals surface area contributed by atoms with Gasteiger partial charge >= 0.3 is 0 Å². The molecule has 0 bridgehead atoms. The molecule has 0 unspecified atom stereocenters. The van der Waals surface area contributed by atoms with E-state index in [0.29, 0.717) is 6.42 Å². The van der Waals surface area contributed by atoms with Gasteiger partial charge in [-0.15, -0.1) is 0 Å². The molecule has 0 saturated heterocycles. The average Bonchev–Trinajstić information content (AvgIpc) is 2.30. The van der Waals surface area contributed by atoms with Crippen LogP contribution in [0.3, 0.4) is 0 Å². The highest BCUT2D eigenvalue weighted by molar-refractivity contribution is 5.75. The zero-order valence-electron chi connectivity index (χ0n) is 11.0. The molecule has 0 spiro atoms. The average molecular weight is 229 g/mol. The van der Waals surface area contributed by atoms with Gasteiger partial charge in [-0.25, -0.2) is 0 Å². The summed E-state index contributed by atoms with van der Waals surface area (Å²) in [5, 5.41) is 5.99. The maximum absolute atomic E-state index is 11.3. The van der Waals surface area contributed by atoms with E-state index in [-0.39, 0.29) is 5.91 Å². The normalized spacial score (nSPS) is 10.8. The molecule has 0 aromatic carbocycles. The highest BCUT2D eigenvalue weighted by atomic mass is 16.1. The third kappa shape index (κ3) is 8.68. The first-order valence-electron chi connectivity index (χ1n) is 6.38. The van der Waals surface area contributed by atoms with E-state index in [0.717, 1.165) is 45.6 Å². The van der Waals surface area contributed by atoms with E-state index in [1.807, 2.05) is 7.05 Å². The quantitative estimate of drug-likeness (QED) is 0.546. The summed E-state index contributed by atoms with van der Waals surface area (Å²) in [5.41, 5.74) is 0. The standard InChI is InChI=1S/C12H27N3O/c1-4-15(5-2)11-7-10-14-12(16)8-6-9-13-3/h13H,4-11H2,1-3H3,(H,14,16). The summed E-state index contributed by atoms with van der Waals surface area (Å²) in [7, 11) is 1.90. The zero-order chi connectivity index (χ0) is 12.2. The molecule has 0 atom stereocenters. The van der Waals surface area contributed by atoms with Crippen LogP contribution in [-0.2, 0) is 4.79 Å². The third-order valence-electron chi connectivity index (χ3n) is 2.70. The summed E-state index contributed by atoms with van der Waals surface area (Å²) in [6, 6.07) is 0. The minimum atomic E-state index is 0.176. The lowest BCUT2D eigenvalue weighted by Crippen LogP contribution is -2.30. The molecular formula is C12H27N3O. The number of nitrogens with one attached hydrogen (secondary N) is 2. The smallest absolute Gasteiger partial charge is 0.220 e. The van der Waals surface area contributed by atoms with Gasteiger partial charge in [0.15, 0.2) is 0 Å². The van der Waals surface area contributed by atoms with Crippen LogP contribution in [0.15, 0.2) is 0 Å². The van der Waals surface area contributed by atoms with E-state index in [1.165, 1.54) is 0 Å².